The van der Waals surface area contributed by atoms with Crippen LogP contribution in [-0.4, -0.2) is 21.3 Å². The van der Waals surface area contributed by atoms with Gasteiger partial charge in [-0.3, -0.25) is 4.79 Å². The van der Waals surface area contributed by atoms with E-state index in [-0.39, 0.29) is 5.91 Å². The number of aromatic nitrogens is 3. The highest BCUT2D eigenvalue weighted by molar-refractivity contribution is 5.99. The zero-order chi connectivity index (χ0) is 11.4. The number of nitrogens with zero attached hydrogens (tertiary/aromatic N) is 2. The number of rotatable bonds is 4. The Labute approximate surface area is 92.5 Å². The minimum atomic E-state index is -0.0459. The van der Waals surface area contributed by atoms with Gasteiger partial charge in [0, 0.05) is 6.42 Å². The summed E-state index contributed by atoms with van der Waals surface area (Å²) >= 11 is 0. The van der Waals surface area contributed by atoms with E-state index in [1.807, 2.05) is 12.1 Å². The van der Waals surface area contributed by atoms with Gasteiger partial charge in [-0.05, 0) is 18.6 Å². The Kier molecular flexibility index (Phi) is 2.95. The number of para-hydroxylation sites is 1. The number of benzene rings is 1. The number of fused-ring (bicyclic) bond motifs is 1. The molecule has 1 heterocycles. The van der Waals surface area contributed by atoms with Crippen LogP contribution in [0.3, 0.4) is 0 Å². The van der Waals surface area contributed by atoms with Gasteiger partial charge in [-0.25, -0.2) is 0 Å². The van der Waals surface area contributed by atoms with Crippen molar-refractivity contribution in [3.8, 4) is 0 Å². The van der Waals surface area contributed by atoms with Crippen LogP contribution in [0.5, 0.6) is 0 Å². The van der Waals surface area contributed by atoms with Crippen molar-refractivity contribution in [1.82, 2.24) is 15.4 Å². The molecular weight excluding hydrogens is 204 g/mol. The lowest BCUT2D eigenvalue weighted by Gasteiger charge is -2.03. The first-order valence-corrected chi connectivity index (χ1v) is 5.01. The lowest BCUT2D eigenvalue weighted by molar-refractivity contribution is -0.116. The van der Waals surface area contributed by atoms with Crippen LogP contribution in [0.15, 0.2) is 30.9 Å². The molecule has 0 spiro atoms. The quantitative estimate of drug-likeness (QED) is 0.766. The summed E-state index contributed by atoms with van der Waals surface area (Å²) in [6.07, 6.45) is 2.81. The standard InChI is InChI=1S/C11H12N4O/c1-2-3-7-10(16)12-8-5-4-6-9-11(8)14-15-13-9/h2,4-6H,1,3,7H2,(H,12,16)(H,13,14,15). The molecule has 1 amide bonds. The van der Waals surface area contributed by atoms with Gasteiger partial charge in [0.1, 0.15) is 11.0 Å². The maximum atomic E-state index is 11.5. The predicted octanol–water partition coefficient (Wildman–Crippen LogP) is 1.86. The van der Waals surface area contributed by atoms with Crippen LogP contribution >= 0.6 is 0 Å². The van der Waals surface area contributed by atoms with E-state index >= 15 is 0 Å². The summed E-state index contributed by atoms with van der Waals surface area (Å²) in [6, 6.07) is 5.46. The first-order valence-electron chi connectivity index (χ1n) is 5.01. The van der Waals surface area contributed by atoms with Crippen molar-refractivity contribution in [3.05, 3.63) is 30.9 Å². The minimum absolute atomic E-state index is 0.0459. The summed E-state index contributed by atoms with van der Waals surface area (Å²) < 4.78 is 0. The molecule has 0 aliphatic rings. The smallest absolute Gasteiger partial charge is 0.224 e. The van der Waals surface area contributed by atoms with Crippen molar-refractivity contribution < 1.29 is 4.79 Å². The number of allylic oxidation sites excluding steroid dienone is 1. The van der Waals surface area contributed by atoms with Crippen LogP contribution in [-0.2, 0) is 4.79 Å². The molecule has 2 rings (SSSR count). The van der Waals surface area contributed by atoms with Crippen molar-refractivity contribution in [2.75, 3.05) is 5.32 Å². The van der Waals surface area contributed by atoms with Crippen molar-refractivity contribution >= 4 is 22.6 Å². The Morgan fingerprint density at radius 1 is 1.50 bits per heavy atom. The first-order chi connectivity index (χ1) is 7.81. The van der Waals surface area contributed by atoms with Gasteiger partial charge in [0.15, 0.2) is 0 Å². The summed E-state index contributed by atoms with van der Waals surface area (Å²) in [5.74, 6) is -0.0459. The fraction of sp³-hybridized carbons (Fsp3) is 0.182. The van der Waals surface area contributed by atoms with Gasteiger partial charge in [0.05, 0.1) is 5.69 Å². The van der Waals surface area contributed by atoms with E-state index in [2.05, 4.69) is 27.3 Å². The second kappa shape index (κ2) is 4.57. The molecule has 2 N–H and O–H groups in total. The highest BCUT2D eigenvalue weighted by atomic mass is 16.1. The topological polar surface area (TPSA) is 70.7 Å². The predicted molar refractivity (Wildman–Crippen MR) is 61.9 cm³/mol. The molecule has 16 heavy (non-hydrogen) atoms. The average molecular weight is 216 g/mol. The monoisotopic (exact) mass is 216 g/mol. The van der Waals surface area contributed by atoms with Crippen LogP contribution in [0.1, 0.15) is 12.8 Å². The van der Waals surface area contributed by atoms with Crippen molar-refractivity contribution in [1.29, 1.82) is 0 Å². The number of hydrogen-bond donors (Lipinski definition) is 2. The summed E-state index contributed by atoms with van der Waals surface area (Å²) in [4.78, 5) is 11.5. The molecule has 0 bridgehead atoms. The minimum Gasteiger partial charge on any atom is -0.324 e. The largest absolute Gasteiger partial charge is 0.324 e. The lowest BCUT2D eigenvalue weighted by atomic mass is 10.2. The maximum Gasteiger partial charge on any atom is 0.224 e. The molecule has 1 aromatic heterocycles. The van der Waals surface area contributed by atoms with Gasteiger partial charge in [-0.1, -0.05) is 12.1 Å². The van der Waals surface area contributed by atoms with Crippen molar-refractivity contribution in [2.24, 2.45) is 0 Å². The Bertz CT molecular complexity index is 517. The SMILES string of the molecule is C=CCCC(=O)Nc1cccc2n[nH]nc12. The molecule has 2 aromatic rings. The molecule has 0 fully saturated rings. The fourth-order valence-corrected chi connectivity index (χ4v) is 1.41. The van der Waals surface area contributed by atoms with E-state index in [9.17, 15) is 4.79 Å². The third kappa shape index (κ3) is 2.08. The van der Waals surface area contributed by atoms with E-state index in [1.54, 1.807) is 12.1 Å². The lowest BCUT2D eigenvalue weighted by Crippen LogP contribution is -2.10. The third-order valence-electron chi connectivity index (χ3n) is 2.20. The molecule has 0 radical (unpaired) electrons. The van der Waals surface area contributed by atoms with Crippen LogP contribution in [0.25, 0.3) is 11.0 Å². The molecule has 0 saturated heterocycles. The zero-order valence-electron chi connectivity index (χ0n) is 8.73. The Hall–Kier alpha value is -2.17. The van der Waals surface area contributed by atoms with Gasteiger partial charge in [-0.2, -0.15) is 15.4 Å². The number of anilines is 1. The molecule has 0 unspecified atom stereocenters. The Morgan fingerprint density at radius 3 is 3.19 bits per heavy atom. The van der Waals surface area contributed by atoms with E-state index in [1.165, 1.54) is 0 Å². The molecule has 0 aliphatic carbocycles. The van der Waals surface area contributed by atoms with Gasteiger partial charge >= 0.3 is 0 Å². The van der Waals surface area contributed by atoms with Gasteiger partial charge in [-0.15, -0.1) is 6.58 Å². The summed E-state index contributed by atoms with van der Waals surface area (Å²) in [5, 5.41) is 13.2. The molecule has 82 valence electrons. The van der Waals surface area contributed by atoms with Crippen LogP contribution in [0.2, 0.25) is 0 Å². The molecule has 0 atom stereocenters. The number of nitrogens with one attached hydrogen (secondary N) is 2. The summed E-state index contributed by atoms with van der Waals surface area (Å²) in [5.41, 5.74) is 2.09. The number of hydrogen-bond acceptors (Lipinski definition) is 3. The molecule has 1 aromatic carbocycles. The van der Waals surface area contributed by atoms with Crippen molar-refractivity contribution in [3.63, 3.8) is 0 Å². The van der Waals surface area contributed by atoms with E-state index in [4.69, 9.17) is 0 Å². The molecule has 5 nitrogen and oxygen atoms in total. The zero-order valence-corrected chi connectivity index (χ0v) is 8.73. The first kappa shape index (κ1) is 10.4. The number of carbonyl (C=O) groups excluding carboxylic acids is 1. The molecule has 5 heteroatoms. The maximum absolute atomic E-state index is 11.5. The van der Waals surface area contributed by atoms with E-state index in [0.29, 0.717) is 24.0 Å². The van der Waals surface area contributed by atoms with Crippen molar-refractivity contribution in [2.45, 2.75) is 12.8 Å². The summed E-state index contributed by atoms with van der Waals surface area (Å²) in [7, 11) is 0. The average Bonchev–Trinajstić information content (AvgIpc) is 2.75. The Morgan fingerprint density at radius 2 is 2.38 bits per heavy atom. The highest BCUT2D eigenvalue weighted by Crippen LogP contribution is 2.18. The molecule has 0 saturated carbocycles. The van der Waals surface area contributed by atoms with Gasteiger partial charge in [0.2, 0.25) is 5.91 Å². The van der Waals surface area contributed by atoms with Gasteiger partial charge < -0.3 is 5.32 Å². The second-order valence-corrected chi connectivity index (χ2v) is 3.37. The Balaban J connectivity index is 2.17. The number of carbonyl (C=O) groups is 1. The number of H-pyrrole nitrogens is 1. The summed E-state index contributed by atoms with van der Waals surface area (Å²) in [6.45, 7) is 3.57. The van der Waals surface area contributed by atoms with Crippen LogP contribution in [0, 0.1) is 0 Å². The normalized spacial score (nSPS) is 10.2. The van der Waals surface area contributed by atoms with Gasteiger partial charge in [0.25, 0.3) is 0 Å². The third-order valence-corrected chi connectivity index (χ3v) is 2.20. The van der Waals surface area contributed by atoms with Crippen LogP contribution < -0.4 is 5.32 Å². The fourth-order valence-electron chi connectivity index (χ4n) is 1.41. The number of aromatic amines is 1. The highest BCUT2D eigenvalue weighted by Gasteiger charge is 2.07. The van der Waals surface area contributed by atoms with Crippen LogP contribution in [0.4, 0.5) is 5.69 Å². The van der Waals surface area contributed by atoms with E-state index in [0.717, 1.165) is 5.52 Å². The second-order valence-electron chi connectivity index (χ2n) is 3.37. The number of amides is 1. The molecular formula is C11H12N4O. The van der Waals surface area contributed by atoms with E-state index < -0.39 is 0 Å². The molecule has 0 aliphatic heterocycles.